The molecule has 1 aliphatic carbocycles. The van der Waals surface area contributed by atoms with Crippen LogP contribution < -0.4 is 0 Å². The highest BCUT2D eigenvalue weighted by molar-refractivity contribution is 5.85. The summed E-state index contributed by atoms with van der Waals surface area (Å²) in [6.45, 7) is 0. The summed E-state index contributed by atoms with van der Waals surface area (Å²) < 4.78 is 0. The van der Waals surface area contributed by atoms with Gasteiger partial charge in [-0.05, 0) is 54.7 Å². The second kappa shape index (κ2) is 6.45. The van der Waals surface area contributed by atoms with E-state index in [1.807, 2.05) is 42.7 Å². The minimum Gasteiger partial charge on any atom is -0.252 e. The van der Waals surface area contributed by atoms with Gasteiger partial charge in [0.1, 0.15) is 0 Å². The molecule has 138 valence electrons. The first-order valence-electron chi connectivity index (χ1n) is 9.95. The lowest BCUT2D eigenvalue weighted by Gasteiger charge is -2.07. The Morgan fingerprint density at radius 3 is 2.45 bits per heavy atom. The molecule has 2 heterocycles. The fourth-order valence-electron chi connectivity index (χ4n) is 4.13. The zero-order valence-electron chi connectivity index (χ0n) is 15.8. The van der Waals surface area contributed by atoms with Crippen LogP contribution >= 0.6 is 0 Å². The minimum atomic E-state index is 0.772. The van der Waals surface area contributed by atoms with Crippen molar-refractivity contribution in [1.82, 2.24) is 19.9 Å². The summed E-state index contributed by atoms with van der Waals surface area (Å²) in [4.78, 5) is 18.8. The van der Waals surface area contributed by atoms with E-state index in [2.05, 4.69) is 40.3 Å². The van der Waals surface area contributed by atoms with Crippen molar-refractivity contribution in [3.05, 3.63) is 84.2 Å². The topological polar surface area (TPSA) is 51.6 Å². The summed E-state index contributed by atoms with van der Waals surface area (Å²) in [7, 11) is 0. The van der Waals surface area contributed by atoms with Crippen molar-refractivity contribution in [2.45, 2.75) is 19.3 Å². The van der Waals surface area contributed by atoms with Crippen LogP contribution in [0.2, 0.25) is 0 Å². The average molecular weight is 374 g/mol. The maximum absolute atomic E-state index is 4.86. The highest BCUT2D eigenvalue weighted by atomic mass is 14.9. The Kier molecular flexibility index (Phi) is 3.63. The fourth-order valence-corrected chi connectivity index (χ4v) is 4.13. The van der Waals surface area contributed by atoms with E-state index in [9.17, 15) is 0 Å². The third-order valence-electron chi connectivity index (χ3n) is 5.68. The summed E-state index contributed by atoms with van der Waals surface area (Å²) in [6.07, 6.45) is 7.31. The van der Waals surface area contributed by atoms with Gasteiger partial charge in [0.05, 0.1) is 28.4 Å². The van der Waals surface area contributed by atoms with E-state index >= 15 is 0 Å². The monoisotopic (exact) mass is 374 g/mol. The van der Waals surface area contributed by atoms with Gasteiger partial charge in [-0.15, -0.1) is 0 Å². The van der Waals surface area contributed by atoms with Crippen molar-refractivity contribution in [1.29, 1.82) is 0 Å². The van der Waals surface area contributed by atoms with Crippen molar-refractivity contribution >= 4 is 21.9 Å². The molecular formula is C25H18N4. The van der Waals surface area contributed by atoms with Gasteiger partial charge in [0.2, 0.25) is 0 Å². The molecule has 3 aromatic carbocycles. The van der Waals surface area contributed by atoms with Crippen molar-refractivity contribution in [3.8, 4) is 22.6 Å². The number of aromatic nitrogens is 4. The summed E-state index contributed by atoms with van der Waals surface area (Å²) in [5, 5.41) is 1.02. The maximum atomic E-state index is 4.86. The minimum absolute atomic E-state index is 0.772. The molecule has 0 unspecified atom stereocenters. The number of aryl methyl sites for hydroxylation is 2. The van der Waals surface area contributed by atoms with Gasteiger partial charge in [-0.2, -0.15) is 0 Å². The number of hydrogen-bond donors (Lipinski definition) is 0. The predicted molar refractivity (Wildman–Crippen MR) is 116 cm³/mol. The third kappa shape index (κ3) is 2.85. The Morgan fingerprint density at radius 2 is 1.48 bits per heavy atom. The van der Waals surface area contributed by atoms with Gasteiger partial charge in [0.25, 0.3) is 0 Å². The first-order valence-corrected chi connectivity index (χ1v) is 9.95. The molecule has 29 heavy (non-hydrogen) atoms. The number of para-hydroxylation sites is 2. The summed E-state index contributed by atoms with van der Waals surface area (Å²) >= 11 is 0. The molecule has 0 atom stereocenters. The average Bonchev–Trinajstić information content (AvgIpc) is 3.26. The molecule has 0 bridgehead atoms. The van der Waals surface area contributed by atoms with Gasteiger partial charge >= 0.3 is 0 Å². The molecule has 0 saturated carbocycles. The van der Waals surface area contributed by atoms with Crippen LogP contribution in [0, 0.1) is 0 Å². The number of rotatable bonds is 2. The normalized spacial score (nSPS) is 13.1. The molecule has 0 fully saturated rings. The van der Waals surface area contributed by atoms with Gasteiger partial charge in [-0.25, -0.2) is 15.0 Å². The molecule has 1 aliphatic rings. The molecular weight excluding hydrogens is 356 g/mol. The van der Waals surface area contributed by atoms with Crippen molar-refractivity contribution < 1.29 is 0 Å². The predicted octanol–water partition coefficient (Wildman–Crippen LogP) is 5.40. The molecule has 0 spiro atoms. The van der Waals surface area contributed by atoms with Crippen molar-refractivity contribution in [2.24, 2.45) is 0 Å². The number of fused-ring (bicyclic) bond motifs is 3. The maximum Gasteiger partial charge on any atom is 0.159 e. The van der Waals surface area contributed by atoms with Crippen LogP contribution in [0.3, 0.4) is 0 Å². The lowest BCUT2D eigenvalue weighted by atomic mass is 10.1. The van der Waals surface area contributed by atoms with Gasteiger partial charge in [0, 0.05) is 22.7 Å². The second-order valence-corrected chi connectivity index (χ2v) is 7.55. The molecule has 0 radical (unpaired) electrons. The van der Waals surface area contributed by atoms with E-state index in [1.165, 1.54) is 24.0 Å². The Bertz CT molecular complexity index is 1390. The molecule has 6 rings (SSSR count). The van der Waals surface area contributed by atoms with Crippen molar-refractivity contribution in [2.75, 3.05) is 0 Å². The van der Waals surface area contributed by atoms with Crippen LogP contribution in [0.15, 0.2) is 73.1 Å². The number of hydrogen-bond acceptors (Lipinski definition) is 4. The van der Waals surface area contributed by atoms with Crippen LogP contribution in [-0.2, 0) is 12.8 Å². The second-order valence-electron chi connectivity index (χ2n) is 7.55. The highest BCUT2D eigenvalue weighted by Crippen LogP contribution is 2.28. The van der Waals surface area contributed by atoms with Crippen molar-refractivity contribution in [3.63, 3.8) is 0 Å². The third-order valence-corrected chi connectivity index (χ3v) is 5.68. The highest BCUT2D eigenvalue weighted by Gasteiger charge is 2.13. The molecule has 5 aromatic rings. The Labute approximate surface area is 168 Å². The molecule has 0 amide bonds. The van der Waals surface area contributed by atoms with E-state index in [0.717, 1.165) is 51.0 Å². The Balaban J connectivity index is 1.44. The van der Waals surface area contributed by atoms with Crippen LogP contribution in [0.1, 0.15) is 17.5 Å². The summed E-state index contributed by atoms with van der Waals surface area (Å²) in [6, 6.07) is 20.7. The number of nitrogens with zero attached hydrogens (tertiary/aromatic N) is 4. The standard InChI is InChI=1S/C25H18N4/c1-2-7-22-21(6-1)26-15-24(28-22)18-9-11-20-14-27-25(29-23(20)13-18)19-10-8-16-4-3-5-17(16)12-19/h1-2,6-15H,3-5H2. The molecule has 0 aliphatic heterocycles. The molecule has 4 nitrogen and oxygen atoms in total. The Hall–Kier alpha value is -3.66. The van der Waals surface area contributed by atoms with E-state index in [1.54, 1.807) is 0 Å². The first kappa shape index (κ1) is 16.3. The lowest BCUT2D eigenvalue weighted by molar-refractivity contribution is 0.912. The largest absolute Gasteiger partial charge is 0.252 e. The smallest absolute Gasteiger partial charge is 0.159 e. The van der Waals surface area contributed by atoms with Gasteiger partial charge < -0.3 is 0 Å². The molecule has 4 heteroatoms. The summed E-state index contributed by atoms with van der Waals surface area (Å²) in [5.74, 6) is 0.772. The van der Waals surface area contributed by atoms with Crippen LogP contribution in [0.5, 0.6) is 0 Å². The number of benzene rings is 3. The van der Waals surface area contributed by atoms with Gasteiger partial charge in [-0.1, -0.05) is 36.4 Å². The molecule has 2 aromatic heterocycles. The fraction of sp³-hybridized carbons (Fsp3) is 0.120. The summed E-state index contributed by atoms with van der Waals surface area (Å²) in [5.41, 5.74) is 8.56. The molecule has 0 saturated heterocycles. The van der Waals surface area contributed by atoms with E-state index in [-0.39, 0.29) is 0 Å². The van der Waals surface area contributed by atoms with Crippen LogP contribution in [-0.4, -0.2) is 19.9 Å². The van der Waals surface area contributed by atoms with E-state index < -0.39 is 0 Å². The van der Waals surface area contributed by atoms with E-state index in [4.69, 9.17) is 9.97 Å². The van der Waals surface area contributed by atoms with Crippen LogP contribution in [0.4, 0.5) is 0 Å². The zero-order chi connectivity index (χ0) is 19.2. The zero-order valence-corrected chi connectivity index (χ0v) is 15.8. The lowest BCUT2D eigenvalue weighted by Crippen LogP contribution is -1.93. The van der Waals surface area contributed by atoms with Crippen LogP contribution in [0.25, 0.3) is 44.6 Å². The van der Waals surface area contributed by atoms with Gasteiger partial charge in [-0.3, -0.25) is 4.98 Å². The van der Waals surface area contributed by atoms with Gasteiger partial charge in [0.15, 0.2) is 5.82 Å². The quantitative estimate of drug-likeness (QED) is 0.415. The SMILES string of the molecule is c1ccc2nc(-c3ccc4cnc(-c5ccc6c(c5)CCC6)nc4c3)cnc2c1. The first-order chi connectivity index (χ1) is 14.3. The van der Waals surface area contributed by atoms with E-state index in [0.29, 0.717) is 0 Å². The Morgan fingerprint density at radius 1 is 0.621 bits per heavy atom. The molecule has 0 N–H and O–H groups in total.